The largest absolute Gasteiger partial charge is 0.481 e. The minimum atomic E-state index is 0.349. The zero-order valence-corrected chi connectivity index (χ0v) is 11.7. The van der Waals surface area contributed by atoms with Gasteiger partial charge in [0.25, 0.3) is 0 Å². The summed E-state index contributed by atoms with van der Waals surface area (Å²) in [6.07, 6.45) is 7.25. The number of aryl methyl sites for hydroxylation is 1. The number of aromatic nitrogens is 2. The van der Waals surface area contributed by atoms with Gasteiger partial charge in [-0.05, 0) is 36.5 Å². The molecular formula is C16H19N3O. The lowest BCUT2D eigenvalue weighted by Crippen LogP contribution is -2.25. The minimum absolute atomic E-state index is 0.349. The molecule has 0 spiro atoms. The first-order valence-electron chi connectivity index (χ1n) is 7.03. The van der Waals surface area contributed by atoms with E-state index in [0.717, 1.165) is 24.9 Å². The molecule has 4 nitrogen and oxygen atoms in total. The van der Waals surface area contributed by atoms with Crippen LogP contribution in [-0.4, -0.2) is 17.1 Å². The van der Waals surface area contributed by atoms with Crippen LogP contribution in [-0.2, 0) is 13.0 Å². The Labute approximate surface area is 119 Å². The number of rotatable bonds is 4. The molecule has 1 atom stereocenters. The van der Waals surface area contributed by atoms with Crippen LogP contribution in [0.1, 0.15) is 35.7 Å². The van der Waals surface area contributed by atoms with Gasteiger partial charge in [-0.25, -0.2) is 4.98 Å². The molecule has 2 heterocycles. The number of nitrogens with zero attached hydrogens (tertiary/aromatic N) is 2. The maximum Gasteiger partial charge on any atom is 0.212 e. The quantitative estimate of drug-likeness (QED) is 0.927. The Morgan fingerprint density at radius 1 is 1.30 bits per heavy atom. The summed E-state index contributed by atoms with van der Waals surface area (Å²) in [6.45, 7) is 0.803. The smallest absolute Gasteiger partial charge is 0.212 e. The van der Waals surface area contributed by atoms with Gasteiger partial charge >= 0.3 is 0 Å². The highest BCUT2D eigenvalue weighted by Crippen LogP contribution is 2.27. The van der Waals surface area contributed by atoms with Gasteiger partial charge < -0.3 is 10.1 Å². The van der Waals surface area contributed by atoms with Gasteiger partial charge in [-0.15, -0.1) is 0 Å². The van der Waals surface area contributed by atoms with Gasteiger partial charge in [0.15, 0.2) is 0 Å². The average Bonchev–Trinajstić information content (AvgIpc) is 2.53. The van der Waals surface area contributed by atoms with Gasteiger partial charge in [-0.3, -0.25) is 4.98 Å². The highest BCUT2D eigenvalue weighted by molar-refractivity contribution is 5.26. The first kappa shape index (κ1) is 13.1. The molecule has 0 bridgehead atoms. The van der Waals surface area contributed by atoms with Crippen molar-refractivity contribution in [2.45, 2.75) is 31.8 Å². The molecule has 4 heteroatoms. The molecule has 0 amide bonds. The second kappa shape index (κ2) is 6.01. The van der Waals surface area contributed by atoms with Crippen molar-refractivity contribution >= 4 is 0 Å². The third-order valence-electron chi connectivity index (χ3n) is 3.75. The zero-order chi connectivity index (χ0) is 13.8. The SMILES string of the molecule is COc1ccc(CNC2CCCc3cccnc32)cn1. The number of methoxy groups -OCH3 is 1. The second-order valence-corrected chi connectivity index (χ2v) is 5.08. The zero-order valence-electron chi connectivity index (χ0n) is 11.7. The fourth-order valence-electron chi connectivity index (χ4n) is 2.69. The highest BCUT2D eigenvalue weighted by Gasteiger charge is 2.20. The summed E-state index contributed by atoms with van der Waals surface area (Å²) in [5, 5.41) is 3.59. The molecule has 0 radical (unpaired) electrons. The van der Waals surface area contributed by atoms with E-state index in [2.05, 4.69) is 21.4 Å². The summed E-state index contributed by atoms with van der Waals surface area (Å²) >= 11 is 0. The van der Waals surface area contributed by atoms with E-state index in [9.17, 15) is 0 Å². The number of hydrogen-bond donors (Lipinski definition) is 1. The number of fused-ring (bicyclic) bond motifs is 1. The molecule has 0 saturated heterocycles. The lowest BCUT2D eigenvalue weighted by molar-refractivity contribution is 0.397. The summed E-state index contributed by atoms with van der Waals surface area (Å²) in [5.41, 5.74) is 3.75. The van der Waals surface area contributed by atoms with E-state index in [1.165, 1.54) is 17.7 Å². The third kappa shape index (κ3) is 2.80. The van der Waals surface area contributed by atoms with Crippen molar-refractivity contribution in [3.8, 4) is 5.88 Å². The van der Waals surface area contributed by atoms with Gasteiger partial charge in [0.1, 0.15) is 0 Å². The predicted octanol–water partition coefficient (Wildman–Crippen LogP) is 2.65. The van der Waals surface area contributed by atoms with Crippen LogP contribution in [0.3, 0.4) is 0 Å². The van der Waals surface area contributed by atoms with Crippen molar-refractivity contribution in [1.29, 1.82) is 0 Å². The van der Waals surface area contributed by atoms with Crippen molar-refractivity contribution in [2.75, 3.05) is 7.11 Å². The monoisotopic (exact) mass is 269 g/mol. The Morgan fingerprint density at radius 2 is 2.25 bits per heavy atom. The van der Waals surface area contributed by atoms with Crippen molar-refractivity contribution in [1.82, 2.24) is 15.3 Å². The maximum atomic E-state index is 5.07. The van der Waals surface area contributed by atoms with Crippen LogP contribution in [0.25, 0.3) is 0 Å². The average molecular weight is 269 g/mol. The summed E-state index contributed by atoms with van der Waals surface area (Å²) in [7, 11) is 1.63. The fraction of sp³-hybridized carbons (Fsp3) is 0.375. The molecule has 20 heavy (non-hydrogen) atoms. The number of nitrogens with one attached hydrogen (secondary N) is 1. The van der Waals surface area contributed by atoms with Crippen LogP contribution in [0.4, 0.5) is 0 Å². The summed E-state index contributed by atoms with van der Waals surface area (Å²) in [6, 6.07) is 8.49. The predicted molar refractivity (Wildman–Crippen MR) is 77.5 cm³/mol. The van der Waals surface area contributed by atoms with E-state index >= 15 is 0 Å². The number of hydrogen-bond acceptors (Lipinski definition) is 4. The Kier molecular flexibility index (Phi) is 3.92. The van der Waals surface area contributed by atoms with Crippen molar-refractivity contribution < 1.29 is 4.74 Å². The van der Waals surface area contributed by atoms with Crippen molar-refractivity contribution in [3.05, 3.63) is 53.5 Å². The lowest BCUT2D eigenvalue weighted by Gasteiger charge is -2.25. The van der Waals surface area contributed by atoms with Gasteiger partial charge in [-0.1, -0.05) is 12.1 Å². The standard InChI is InChI=1S/C16H19N3O/c1-20-15-8-7-12(11-19-15)10-18-14-6-2-4-13-5-3-9-17-16(13)14/h3,5,7-9,11,14,18H,2,4,6,10H2,1H3. The molecule has 104 valence electrons. The lowest BCUT2D eigenvalue weighted by atomic mass is 9.92. The first-order valence-corrected chi connectivity index (χ1v) is 7.03. The van der Waals surface area contributed by atoms with Gasteiger partial charge in [-0.2, -0.15) is 0 Å². The Bertz CT molecular complexity index is 568. The molecule has 3 rings (SSSR count). The molecule has 0 saturated carbocycles. The van der Waals surface area contributed by atoms with Crippen LogP contribution in [0, 0.1) is 0 Å². The van der Waals surface area contributed by atoms with E-state index < -0.39 is 0 Å². The molecule has 0 fully saturated rings. The molecule has 0 aliphatic heterocycles. The van der Waals surface area contributed by atoms with Gasteiger partial charge in [0, 0.05) is 25.0 Å². The number of ether oxygens (including phenoxy) is 1. The van der Waals surface area contributed by atoms with Crippen molar-refractivity contribution in [3.63, 3.8) is 0 Å². The molecule has 0 aromatic carbocycles. The second-order valence-electron chi connectivity index (χ2n) is 5.08. The Balaban J connectivity index is 1.66. The molecular weight excluding hydrogens is 250 g/mol. The van der Waals surface area contributed by atoms with Crippen LogP contribution in [0.2, 0.25) is 0 Å². The third-order valence-corrected chi connectivity index (χ3v) is 3.75. The normalized spacial score (nSPS) is 17.6. The summed E-state index contributed by atoms with van der Waals surface area (Å²) < 4.78 is 5.07. The minimum Gasteiger partial charge on any atom is -0.481 e. The Hall–Kier alpha value is -1.94. The molecule has 2 aromatic heterocycles. The van der Waals surface area contributed by atoms with Gasteiger partial charge in [0.2, 0.25) is 5.88 Å². The molecule has 1 N–H and O–H groups in total. The van der Waals surface area contributed by atoms with Crippen LogP contribution in [0.15, 0.2) is 36.7 Å². The fourth-order valence-corrected chi connectivity index (χ4v) is 2.69. The van der Waals surface area contributed by atoms with Crippen molar-refractivity contribution in [2.24, 2.45) is 0 Å². The van der Waals surface area contributed by atoms with Gasteiger partial charge in [0.05, 0.1) is 18.8 Å². The molecule has 1 unspecified atom stereocenters. The molecule has 1 aliphatic rings. The van der Waals surface area contributed by atoms with Crippen LogP contribution >= 0.6 is 0 Å². The van der Waals surface area contributed by atoms with E-state index in [1.54, 1.807) is 7.11 Å². The first-order chi connectivity index (χ1) is 9.86. The molecule has 1 aliphatic carbocycles. The van der Waals surface area contributed by atoms with E-state index in [-0.39, 0.29) is 0 Å². The highest BCUT2D eigenvalue weighted by atomic mass is 16.5. The van der Waals surface area contributed by atoms with E-state index in [0.29, 0.717) is 11.9 Å². The topological polar surface area (TPSA) is 47.0 Å². The van der Waals surface area contributed by atoms with E-state index in [1.807, 2.05) is 30.6 Å². The van der Waals surface area contributed by atoms with E-state index in [4.69, 9.17) is 4.74 Å². The molecule has 2 aromatic rings. The van der Waals surface area contributed by atoms with Crippen LogP contribution in [0.5, 0.6) is 5.88 Å². The Morgan fingerprint density at radius 3 is 3.05 bits per heavy atom. The summed E-state index contributed by atoms with van der Waals surface area (Å²) in [4.78, 5) is 8.77. The maximum absolute atomic E-state index is 5.07. The summed E-state index contributed by atoms with van der Waals surface area (Å²) in [5.74, 6) is 0.651. The van der Waals surface area contributed by atoms with Crippen LogP contribution < -0.4 is 10.1 Å². The number of pyridine rings is 2.